The summed E-state index contributed by atoms with van der Waals surface area (Å²) >= 11 is 0. The van der Waals surface area contributed by atoms with Crippen LogP contribution in [0, 0.1) is 0 Å². The maximum Gasteiger partial charge on any atom is 0.0363 e. The molecule has 96 valence electrons. The molecule has 2 heteroatoms. The van der Waals surface area contributed by atoms with E-state index in [0.29, 0.717) is 5.92 Å². The molecule has 0 amide bonds. The Morgan fingerprint density at radius 1 is 1.18 bits per heavy atom. The molecular formula is C15H26N2. The summed E-state index contributed by atoms with van der Waals surface area (Å²) in [6.45, 7) is 9.57. The molecule has 0 saturated carbocycles. The highest BCUT2D eigenvalue weighted by molar-refractivity contribution is 5.47. The maximum absolute atomic E-state index is 6.00. The standard InChI is InChI=1S/C15H26N2/c1-12(2)13-6-8-14(9-7-13)17(5)11-10-15(3,4)16/h6-9,12H,10-11,16H2,1-5H3. The first-order chi connectivity index (χ1) is 7.79. The first-order valence-electron chi connectivity index (χ1n) is 6.39. The average Bonchev–Trinajstić information content (AvgIpc) is 2.25. The zero-order valence-corrected chi connectivity index (χ0v) is 11.8. The highest BCUT2D eigenvalue weighted by atomic mass is 15.1. The predicted molar refractivity (Wildman–Crippen MR) is 76.7 cm³/mol. The first-order valence-corrected chi connectivity index (χ1v) is 6.39. The summed E-state index contributed by atoms with van der Waals surface area (Å²) in [5.74, 6) is 0.595. The van der Waals surface area contributed by atoms with Gasteiger partial charge in [-0.1, -0.05) is 26.0 Å². The van der Waals surface area contributed by atoms with Gasteiger partial charge >= 0.3 is 0 Å². The Labute approximate surface area is 106 Å². The molecule has 0 aliphatic heterocycles. The third-order valence-corrected chi connectivity index (χ3v) is 3.09. The predicted octanol–water partition coefficient (Wildman–Crippen LogP) is 3.37. The lowest BCUT2D eigenvalue weighted by atomic mass is 10.0. The molecule has 0 aliphatic rings. The van der Waals surface area contributed by atoms with Gasteiger partial charge in [-0.2, -0.15) is 0 Å². The van der Waals surface area contributed by atoms with Gasteiger partial charge in [-0.25, -0.2) is 0 Å². The van der Waals surface area contributed by atoms with E-state index in [0.717, 1.165) is 13.0 Å². The molecule has 0 radical (unpaired) electrons. The summed E-state index contributed by atoms with van der Waals surface area (Å²) in [7, 11) is 2.12. The quantitative estimate of drug-likeness (QED) is 0.846. The lowest BCUT2D eigenvalue weighted by molar-refractivity contribution is 0.479. The van der Waals surface area contributed by atoms with Gasteiger partial charge in [0.2, 0.25) is 0 Å². The molecule has 0 heterocycles. The van der Waals surface area contributed by atoms with Gasteiger partial charge in [-0.05, 0) is 43.9 Å². The smallest absolute Gasteiger partial charge is 0.0363 e. The van der Waals surface area contributed by atoms with E-state index in [2.05, 4.69) is 63.9 Å². The topological polar surface area (TPSA) is 29.3 Å². The van der Waals surface area contributed by atoms with Crippen LogP contribution in [0.25, 0.3) is 0 Å². The van der Waals surface area contributed by atoms with Crippen LogP contribution in [0.5, 0.6) is 0 Å². The number of anilines is 1. The molecule has 1 aromatic rings. The molecule has 0 aromatic heterocycles. The van der Waals surface area contributed by atoms with Crippen LogP contribution >= 0.6 is 0 Å². The Balaban J connectivity index is 2.60. The maximum atomic E-state index is 6.00. The number of nitrogens with two attached hydrogens (primary N) is 1. The van der Waals surface area contributed by atoms with Gasteiger partial charge in [-0.15, -0.1) is 0 Å². The summed E-state index contributed by atoms with van der Waals surface area (Å²) in [6.07, 6.45) is 0.995. The zero-order chi connectivity index (χ0) is 13.1. The molecular weight excluding hydrogens is 208 g/mol. The van der Waals surface area contributed by atoms with E-state index in [1.54, 1.807) is 0 Å². The number of hydrogen-bond acceptors (Lipinski definition) is 2. The summed E-state index contributed by atoms with van der Waals surface area (Å²) in [6, 6.07) is 8.81. The zero-order valence-electron chi connectivity index (χ0n) is 11.8. The van der Waals surface area contributed by atoms with Crippen molar-refractivity contribution >= 4 is 5.69 Å². The van der Waals surface area contributed by atoms with Crippen molar-refractivity contribution in [3.05, 3.63) is 29.8 Å². The third-order valence-electron chi connectivity index (χ3n) is 3.09. The fourth-order valence-electron chi connectivity index (χ4n) is 1.70. The van der Waals surface area contributed by atoms with Crippen LogP contribution in [0.15, 0.2) is 24.3 Å². The number of rotatable bonds is 5. The van der Waals surface area contributed by atoms with Crippen LogP contribution in [-0.4, -0.2) is 19.1 Å². The summed E-state index contributed by atoms with van der Waals surface area (Å²) < 4.78 is 0. The molecule has 2 nitrogen and oxygen atoms in total. The van der Waals surface area contributed by atoms with E-state index in [1.807, 2.05) is 0 Å². The normalized spacial score (nSPS) is 11.9. The Morgan fingerprint density at radius 2 is 1.71 bits per heavy atom. The number of benzene rings is 1. The Morgan fingerprint density at radius 3 is 2.12 bits per heavy atom. The van der Waals surface area contributed by atoms with Crippen molar-refractivity contribution in [2.24, 2.45) is 5.73 Å². The summed E-state index contributed by atoms with van der Waals surface area (Å²) in [4.78, 5) is 2.26. The minimum absolute atomic E-state index is 0.0911. The van der Waals surface area contributed by atoms with E-state index >= 15 is 0 Å². The second-order valence-electron chi connectivity index (χ2n) is 5.91. The lowest BCUT2D eigenvalue weighted by Gasteiger charge is -2.25. The molecule has 1 aromatic carbocycles. The van der Waals surface area contributed by atoms with Crippen molar-refractivity contribution in [3.63, 3.8) is 0 Å². The van der Waals surface area contributed by atoms with Crippen molar-refractivity contribution in [1.82, 2.24) is 0 Å². The highest BCUT2D eigenvalue weighted by Crippen LogP contribution is 2.20. The van der Waals surface area contributed by atoms with Crippen LogP contribution in [0.1, 0.15) is 45.6 Å². The van der Waals surface area contributed by atoms with Crippen molar-refractivity contribution in [1.29, 1.82) is 0 Å². The second-order valence-corrected chi connectivity index (χ2v) is 5.91. The lowest BCUT2D eigenvalue weighted by Crippen LogP contribution is -2.36. The molecule has 0 saturated heterocycles. The van der Waals surface area contributed by atoms with E-state index in [-0.39, 0.29) is 5.54 Å². The van der Waals surface area contributed by atoms with E-state index in [4.69, 9.17) is 5.73 Å². The molecule has 0 aliphatic carbocycles. The van der Waals surface area contributed by atoms with Crippen LogP contribution in [0.3, 0.4) is 0 Å². The molecule has 0 fully saturated rings. The van der Waals surface area contributed by atoms with Crippen LogP contribution in [0.4, 0.5) is 5.69 Å². The van der Waals surface area contributed by atoms with Crippen LogP contribution < -0.4 is 10.6 Å². The van der Waals surface area contributed by atoms with Crippen molar-refractivity contribution in [2.45, 2.75) is 45.6 Å². The fourth-order valence-corrected chi connectivity index (χ4v) is 1.70. The molecule has 17 heavy (non-hydrogen) atoms. The molecule has 0 spiro atoms. The number of nitrogens with zero attached hydrogens (tertiary/aromatic N) is 1. The van der Waals surface area contributed by atoms with Gasteiger partial charge in [-0.3, -0.25) is 0 Å². The Kier molecular flexibility index (Phi) is 4.58. The van der Waals surface area contributed by atoms with Gasteiger partial charge in [0.05, 0.1) is 0 Å². The van der Waals surface area contributed by atoms with Gasteiger partial charge in [0.25, 0.3) is 0 Å². The van der Waals surface area contributed by atoms with Gasteiger partial charge in [0, 0.05) is 24.8 Å². The van der Waals surface area contributed by atoms with Crippen molar-refractivity contribution < 1.29 is 0 Å². The summed E-state index contributed by atoms with van der Waals surface area (Å²) in [5.41, 5.74) is 8.56. The molecule has 0 bridgehead atoms. The highest BCUT2D eigenvalue weighted by Gasteiger charge is 2.12. The second kappa shape index (κ2) is 5.54. The van der Waals surface area contributed by atoms with Crippen LogP contribution in [0.2, 0.25) is 0 Å². The van der Waals surface area contributed by atoms with Crippen LogP contribution in [-0.2, 0) is 0 Å². The molecule has 0 unspecified atom stereocenters. The largest absolute Gasteiger partial charge is 0.375 e. The van der Waals surface area contributed by atoms with Gasteiger partial charge in [0.1, 0.15) is 0 Å². The van der Waals surface area contributed by atoms with Crippen molar-refractivity contribution in [3.8, 4) is 0 Å². The Bertz CT molecular complexity index is 333. The first kappa shape index (κ1) is 14.0. The minimum Gasteiger partial charge on any atom is -0.375 e. The fraction of sp³-hybridized carbons (Fsp3) is 0.600. The minimum atomic E-state index is -0.0911. The molecule has 1 rings (SSSR count). The van der Waals surface area contributed by atoms with E-state index in [9.17, 15) is 0 Å². The van der Waals surface area contributed by atoms with Crippen molar-refractivity contribution in [2.75, 3.05) is 18.5 Å². The molecule has 2 N–H and O–H groups in total. The molecule has 0 atom stereocenters. The average molecular weight is 234 g/mol. The van der Waals surface area contributed by atoms with E-state index in [1.165, 1.54) is 11.3 Å². The van der Waals surface area contributed by atoms with Gasteiger partial charge in [0.15, 0.2) is 0 Å². The monoisotopic (exact) mass is 234 g/mol. The summed E-state index contributed by atoms with van der Waals surface area (Å²) in [5, 5.41) is 0. The number of hydrogen-bond donors (Lipinski definition) is 1. The SMILES string of the molecule is CC(C)c1ccc(N(C)CCC(C)(C)N)cc1. The van der Waals surface area contributed by atoms with E-state index < -0.39 is 0 Å². The van der Waals surface area contributed by atoms with Gasteiger partial charge < -0.3 is 10.6 Å². The third kappa shape index (κ3) is 4.78. The Hall–Kier alpha value is -1.02.